The van der Waals surface area contributed by atoms with Gasteiger partial charge in [0, 0.05) is 11.8 Å². The molecule has 0 spiro atoms. The zero-order valence-electron chi connectivity index (χ0n) is 11.4. The fraction of sp³-hybridized carbons (Fsp3) is 0.462. The first-order valence-corrected chi connectivity index (χ1v) is 6.19. The van der Waals surface area contributed by atoms with Gasteiger partial charge in [-0.25, -0.2) is 5.43 Å². The van der Waals surface area contributed by atoms with Gasteiger partial charge in [0.2, 0.25) is 5.91 Å². The number of nitrogens with one attached hydrogen (secondary N) is 2. The quantitative estimate of drug-likeness (QED) is 0.606. The normalized spacial score (nSPS) is 12.9. The van der Waals surface area contributed by atoms with Crippen LogP contribution < -0.4 is 10.7 Å². The molecule has 0 aromatic carbocycles. The molecule has 0 radical (unpaired) electrons. The maximum absolute atomic E-state index is 11.6. The van der Waals surface area contributed by atoms with Crippen LogP contribution in [0.4, 0.5) is 0 Å². The van der Waals surface area contributed by atoms with E-state index in [1.807, 2.05) is 13.8 Å². The lowest BCUT2D eigenvalue weighted by atomic mass is 10.2. The molecule has 6 heteroatoms. The van der Waals surface area contributed by atoms with E-state index in [9.17, 15) is 9.59 Å². The number of hydrogen-bond acceptors (Lipinski definition) is 4. The van der Waals surface area contributed by atoms with E-state index in [-0.39, 0.29) is 24.1 Å². The molecule has 1 rings (SSSR count). The first-order chi connectivity index (χ1) is 9.02. The fourth-order valence-electron chi connectivity index (χ4n) is 1.31. The predicted molar refractivity (Wildman–Crippen MR) is 71.8 cm³/mol. The first-order valence-electron chi connectivity index (χ1n) is 6.19. The topological polar surface area (TPSA) is 83.7 Å². The second-order valence-corrected chi connectivity index (χ2v) is 4.32. The molecule has 1 unspecified atom stereocenters. The summed E-state index contributed by atoms with van der Waals surface area (Å²) in [6.45, 7) is 5.61. The van der Waals surface area contributed by atoms with Crippen molar-refractivity contribution >= 4 is 17.5 Å². The van der Waals surface area contributed by atoms with Crippen LogP contribution in [0.1, 0.15) is 44.2 Å². The first kappa shape index (κ1) is 14.9. The molecular weight excluding hydrogens is 246 g/mol. The number of rotatable bonds is 6. The largest absolute Gasteiger partial charge is 0.459 e. The summed E-state index contributed by atoms with van der Waals surface area (Å²) in [6, 6.07) is 3.29. The van der Waals surface area contributed by atoms with Crippen LogP contribution >= 0.6 is 0 Å². The van der Waals surface area contributed by atoms with E-state index in [1.54, 1.807) is 13.0 Å². The van der Waals surface area contributed by atoms with Gasteiger partial charge in [0.05, 0.1) is 12.7 Å². The SMILES string of the molecule is CCC(C)NC(=O)C/C(C)=N/NC(=O)c1ccco1. The minimum Gasteiger partial charge on any atom is -0.459 e. The van der Waals surface area contributed by atoms with E-state index in [0.29, 0.717) is 5.71 Å². The Balaban J connectivity index is 2.40. The number of hydrazone groups is 1. The fourth-order valence-corrected chi connectivity index (χ4v) is 1.31. The van der Waals surface area contributed by atoms with Gasteiger partial charge in [0.25, 0.3) is 0 Å². The summed E-state index contributed by atoms with van der Waals surface area (Å²) in [4.78, 5) is 23.1. The van der Waals surface area contributed by atoms with E-state index >= 15 is 0 Å². The molecule has 104 valence electrons. The maximum Gasteiger partial charge on any atom is 0.307 e. The summed E-state index contributed by atoms with van der Waals surface area (Å²) >= 11 is 0. The molecule has 0 bridgehead atoms. The molecule has 0 aliphatic rings. The van der Waals surface area contributed by atoms with Crippen LogP contribution in [0.5, 0.6) is 0 Å². The van der Waals surface area contributed by atoms with E-state index < -0.39 is 5.91 Å². The van der Waals surface area contributed by atoms with Gasteiger partial charge in [-0.2, -0.15) is 5.10 Å². The minimum atomic E-state index is -0.438. The highest BCUT2D eigenvalue weighted by Gasteiger charge is 2.09. The molecule has 1 atom stereocenters. The maximum atomic E-state index is 11.6. The summed E-state index contributed by atoms with van der Waals surface area (Å²) in [6.07, 6.45) is 2.44. The lowest BCUT2D eigenvalue weighted by molar-refractivity contribution is -0.120. The van der Waals surface area contributed by atoms with E-state index in [1.165, 1.54) is 12.3 Å². The Kier molecular flexibility index (Phi) is 5.78. The predicted octanol–water partition coefficient (Wildman–Crippen LogP) is 1.69. The molecule has 0 aliphatic heterocycles. The van der Waals surface area contributed by atoms with Crippen LogP contribution in [0.2, 0.25) is 0 Å². The zero-order valence-corrected chi connectivity index (χ0v) is 11.4. The van der Waals surface area contributed by atoms with Crippen molar-refractivity contribution in [1.29, 1.82) is 0 Å². The van der Waals surface area contributed by atoms with Gasteiger partial charge in [-0.1, -0.05) is 6.92 Å². The molecule has 1 aromatic heterocycles. The second kappa shape index (κ2) is 7.35. The Labute approximate surface area is 112 Å². The van der Waals surface area contributed by atoms with Gasteiger partial charge >= 0.3 is 5.91 Å². The van der Waals surface area contributed by atoms with Gasteiger partial charge in [0.15, 0.2) is 5.76 Å². The molecule has 6 nitrogen and oxygen atoms in total. The Morgan fingerprint density at radius 3 is 2.79 bits per heavy atom. The molecule has 0 aliphatic carbocycles. The van der Waals surface area contributed by atoms with Crippen LogP contribution in [0.15, 0.2) is 27.9 Å². The Hall–Kier alpha value is -2.11. The van der Waals surface area contributed by atoms with Crippen molar-refractivity contribution < 1.29 is 14.0 Å². The number of furan rings is 1. The van der Waals surface area contributed by atoms with Crippen molar-refractivity contribution in [1.82, 2.24) is 10.7 Å². The average Bonchev–Trinajstić information content (AvgIpc) is 2.89. The third-order valence-electron chi connectivity index (χ3n) is 2.53. The van der Waals surface area contributed by atoms with Crippen molar-refractivity contribution in [3.8, 4) is 0 Å². The van der Waals surface area contributed by atoms with Gasteiger partial charge in [-0.05, 0) is 32.4 Å². The summed E-state index contributed by atoms with van der Waals surface area (Å²) in [5, 5.41) is 6.67. The van der Waals surface area contributed by atoms with Crippen molar-refractivity contribution in [2.75, 3.05) is 0 Å². The minimum absolute atomic E-state index is 0.108. The molecule has 2 N–H and O–H groups in total. The Bertz CT molecular complexity index is 452. The van der Waals surface area contributed by atoms with Gasteiger partial charge in [-0.15, -0.1) is 0 Å². The molecule has 0 fully saturated rings. The number of nitrogens with zero attached hydrogens (tertiary/aromatic N) is 1. The zero-order chi connectivity index (χ0) is 14.3. The van der Waals surface area contributed by atoms with Crippen molar-refractivity contribution in [3.05, 3.63) is 24.2 Å². The van der Waals surface area contributed by atoms with Crippen molar-refractivity contribution in [3.63, 3.8) is 0 Å². The van der Waals surface area contributed by atoms with Gasteiger partial charge in [0.1, 0.15) is 0 Å². The van der Waals surface area contributed by atoms with E-state index in [4.69, 9.17) is 4.42 Å². The average molecular weight is 265 g/mol. The lowest BCUT2D eigenvalue weighted by Gasteiger charge is -2.10. The van der Waals surface area contributed by atoms with E-state index in [0.717, 1.165) is 6.42 Å². The third kappa shape index (κ3) is 5.37. The number of hydrogen-bond donors (Lipinski definition) is 2. The monoisotopic (exact) mass is 265 g/mol. The molecule has 1 aromatic rings. The molecule has 0 saturated carbocycles. The number of carbonyl (C=O) groups excluding carboxylic acids is 2. The highest BCUT2D eigenvalue weighted by molar-refractivity contribution is 6.00. The molecule has 19 heavy (non-hydrogen) atoms. The van der Waals surface area contributed by atoms with Gasteiger partial charge < -0.3 is 9.73 Å². The van der Waals surface area contributed by atoms with Crippen LogP contribution in [0.3, 0.4) is 0 Å². The Morgan fingerprint density at radius 1 is 1.47 bits per heavy atom. The highest BCUT2D eigenvalue weighted by atomic mass is 16.3. The van der Waals surface area contributed by atoms with Crippen molar-refractivity contribution in [2.45, 2.75) is 39.7 Å². The summed E-state index contributed by atoms with van der Waals surface area (Å²) in [5.41, 5.74) is 2.86. The number of amides is 2. The number of carbonyl (C=O) groups is 2. The lowest BCUT2D eigenvalue weighted by Crippen LogP contribution is -2.33. The summed E-state index contributed by atoms with van der Waals surface area (Å²) in [5.74, 6) is -0.366. The smallest absolute Gasteiger partial charge is 0.307 e. The molecular formula is C13H19N3O3. The Morgan fingerprint density at radius 2 is 2.21 bits per heavy atom. The van der Waals surface area contributed by atoms with E-state index in [2.05, 4.69) is 15.8 Å². The van der Waals surface area contributed by atoms with Crippen LogP contribution in [-0.4, -0.2) is 23.6 Å². The van der Waals surface area contributed by atoms with Crippen molar-refractivity contribution in [2.24, 2.45) is 5.10 Å². The summed E-state index contributed by atoms with van der Waals surface area (Å²) in [7, 11) is 0. The van der Waals surface area contributed by atoms with Gasteiger partial charge in [-0.3, -0.25) is 9.59 Å². The van der Waals surface area contributed by atoms with Crippen LogP contribution in [-0.2, 0) is 4.79 Å². The molecule has 1 heterocycles. The summed E-state index contributed by atoms with van der Waals surface area (Å²) < 4.78 is 4.92. The van der Waals surface area contributed by atoms with Crippen LogP contribution in [0.25, 0.3) is 0 Å². The molecule has 0 saturated heterocycles. The van der Waals surface area contributed by atoms with Crippen LogP contribution in [0, 0.1) is 0 Å². The standard InChI is InChI=1S/C13H19N3O3/c1-4-9(2)14-12(17)8-10(3)15-16-13(18)11-6-5-7-19-11/h5-7,9H,4,8H2,1-3H3,(H,14,17)(H,16,18)/b15-10+. The third-order valence-corrected chi connectivity index (χ3v) is 2.53. The second-order valence-electron chi connectivity index (χ2n) is 4.32. The highest BCUT2D eigenvalue weighted by Crippen LogP contribution is 1.99. The molecule has 2 amide bonds.